The minimum atomic E-state index is -0.418. The summed E-state index contributed by atoms with van der Waals surface area (Å²) in [7, 11) is 0. The number of nitro benzene ring substituents is 1. The van der Waals surface area contributed by atoms with E-state index in [2.05, 4.69) is 10.3 Å². The van der Waals surface area contributed by atoms with Crippen molar-refractivity contribution in [1.82, 2.24) is 4.98 Å². The second-order valence-electron chi connectivity index (χ2n) is 7.68. The van der Waals surface area contributed by atoms with E-state index in [1.165, 1.54) is 6.07 Å². The van der Waals surface area contributed by atoms with Crippen molar-refractivity contribution in [2.75, 3.05) is 23.3 Å². The van der Waals surface area contributed by atoms with Crippen molar-refractivity contribution in [2.24, 2.45) is 0 Å². The van der Waals surface area contributed by atoms with Crippen LogP contribution in [0.2, 0.25) is 0 Å². The van der Waals surface area contributed by atoms with Crippen LogP contribution in [0.1, 0.15) is 23.2 Å². The highest BCUT2D eigenvalue weighted by Crippen LogP contribution is 2.33. The normalized spacial score (nSPS) is 13.4. The Hall–Kier alpha value is -3.78. The van der Waals surface area contributed by atoms with Crippen molar-refractivity contribution in [3.63, 3.8) is 0 Å². The Bertz CT molecular complexity index is 1290. The van der Waals surface area contributed by atoms with Gasteiger partial charge in [0.15, 0.2) is 0 Å². The van der Waals surface area contributed by atoms with Gasteiger partial charge in [-0.3, -0.25) is 14.9 Å². The summed E-state index contributed by atoms with van der Waals surface area (Å²) in [6.45, 7) is 1.59. The fourth-order valence-electron chi connectivity index (χ4n) is 3.97. The maximum absolute atomic E-state index is 12.8. The van der Waals surface area contributed by atoms with E-state index in [4.69, 9.17) is 0 Å². The number of nitrogens with zero attached hydrogens (tertiary/aromatic N) is 3. The van der Waals surface area contributed by atoms with Crippen LogP contribution < -0.4 is 10.2 Å². The van der Waals surface area contributed by atoms with Crippen LogP contribution in [0.3, 0.4) is 0 Å². The number of amides is 1. The number of fused-ring (bicyclic) bond motifs is 1. The molecule has 1 saturated heterocycles. The molecule has 8 heteroatoms. The standard InChI is InChI=1S/C24H20N4O3S/c29-23(16-10-11-20(21(15-16)28(30)31)27-12-3-4-13-27)25-18-7-5-6-17(14-18)24-26-19-8-1-2-9-22(19)32-24/h1-2,5-11,14-15H,3-4,12-13H2,(H,25,29). The van der Waals surface area contributed by atoms with Crippen molar-refractivity contribution in [1.29, 1.82) is 0 Å². The molecule has 32 heavy (non-hydrogen) atoms. The van der Waals surface area contributed by atoms with Crippen molar-refractivity contribution in [2.45, 2.75) is 12.8 Å². The molecular weight excluding hydrogens is 424 g/mol. The van der Waals surface area contributed by atoms with Gasteiger partial charge in [-0.15, -0.1) is 11.3 Å². The monoisotopic (exact) mass is 444 g/mol. The van der Waals surface area contributed by atoms with Gasteiger partial charge in [0, 0.05) is 36.0 Å². The maximum Gasteiger partial charge on any atom is 0.293 e. The third kappa shape index (κ3) is 3.92. The van der Waals surface area contributed by atoms with Gasteiger partial charge in [0.25, 0.3) is 11.6 Å². The maximum atomic E-state index is 12.8. The number of thiazole rings is 1. The van der Waals surface area contributed by atoms with Gasteiger partial charge < -0.3 is 10.2 Å². The Morgan fingerprint density at radius 3 is 2.62 bits per heavy atom. The minimum absolute atomic E-state index is 0.0391. The van der Waals surface area contributed by atoms with E-state index in [9.17, 15) is 14.9 Å². The highest BCUT2D eigenvalue weighted by molar-refractivity contribution is 7.21. The first-order valence-electron chi connectivity index (χ1n) is 10.4. The van der Waals surface area contributed by atoms with E-state index in [1.807, 2.05) is 47.4 Å². The predicted octanol–water partition coefficient (Wildman–Crippen LogP) is 5.72. The summed E-state index contributed by atoms with van der Waals surface area (Å²) in [6, 6.07) is 20.1. The summed E-state index contributed by atoms with van der Waals surface area (Å²) in [5, 5.41) is 15.4. The van der Waals surface area contributed by atoms with Crippen LogP contribution in [0.5, 0.6) is 0 Å². The van der Waals surface area contributed by atoms with E-state index in [0.29, 0.717) is 11.4 Å². The summed E-state index contributed by atoms with van der Waals surface area (Å²) in [4.78, 5) is 30.7. The lowest BCUT2D eigenvalue weighted by atomic mass is 10.1. The number of anilines is 2. The van der Waals surface area contributed by atoms with Gasteiger partial charge in [-0.05, 0) is 49.2 Å². The predicted molar refractivity (Wildman–Crippen MR) is 128 cm³/mol. The molecule has 0 unspecified atom stereocenters. The molecule has 160 valence electrons. The Balaban J connectivity index is 1.39. The number of hydrogen-bond donors (Lipinski definition) is 1. The Morgan fingerprint density at radius 2 is 1.84 bits per heavy atom. The molecule has 1 aromatic heterocycles. The van der Waals surface area contributed by atoms with Crippen LogP contribution in [-0.2, 0) is 0 Å². The van der Waals surface area contributed by atoms with Gasteiger partial charge in [-0.1, -0.05) is 24.3 Å². The summed E-state index contributed by atoms with van der Waals surface area (Å²) in [6.07, 6.45) is 2.04. The first-order chi connectivity index (χ1) is 15.6. The van der Waals surface area contributed by atoms with Gasteiger partial charge in [-0.25, -0.2) is 4.98 Å². The number of carbonyl (C=O) groups excluding carboxylic acids is 1. The lowest BCUT2D eigenvalue weighted by Gasteiger charge is -2.17. The molecule has 2 heterocycles. The zero-order valence-corrected chi connectivity index (χ0v) is 18.0. The smallest absolute Gasteiger partial charge is 0.293 e. The number of carbonyl (C=O) groups is 1. The lowest BCUT2D eigenvalue weighted by Crippen LogP contribution is -2.19. The van der Waals surface area contributed by atoms with Crippen LogP contribution in [0.4, 0.5) is 17.1 Å². The van der Waals surface area contributed by atoms with E-state index >= 15 is 0 Å². The van der Waals surface area contributed by atoms with Crippen molar-refractivity contribution in [3.05, 3.63) is 82.4 Å². The molecular formula is C24H20N4O3S. The van der Waals surface area contributed by atoms with Crippen LogP contribution in [0.15, 0.2) is 66.7 Å². The third-order valence-corrected chi connectivity index (χ3v) is 6.63. The van der Waals surface area contributed by atoms with E-state index in [-0.39, 0.29) is 17.2 Å². The molecule has 0 radical (unpaired) electrons. The molecule has 0 bridgehead atoms. The molecule has 1 aliphatic heterocycles. The van der Waals surface area contributed by atoms with Gasteiger partial charge >= 0.3 is 0 Å². The summed E-state index contributed by atoms with van der Waals surface area (Å²) in [5.41, 5.74) is 3.24. The molecule has 1 N–H and O–H groups in total. The number of para-hydroxylation sites is 1. The van der Waals surface area contributed by atoms with E-state index in [0.717, 1.165) is 46.7 Å². The molecule has 1 fully saturated rings. The number of benzene rings is 3. The van der Waals surface area contributed by atoms with Gasteiger partial charge in [0.1, 0.15) is 10.7 Å². The fraction of sp³-hybridized carbons (Fsp3) is 0.167. The first-order valence-corrected chi connectivity index (χ1v) is 11.2. The van der Waals surface area contributed by atoms with Crippen LogP contribution in [0, 0.1) is 10.1 Å². The lowest BCUT2D eigenvalue weighted by molar-refractivity contribution is -0.384. The van der Waals surface area contributed by atoms with E-state index in [1.54, 1.807) is 29.5 Å². The van der Waals surface area contributed by atoms with Crippen LogP contribution in [0.25, 0.3) is 20.8 Å². The Morgan fingerprint density at radius 1 is 1.03 bits per heavy atom. The van der Waals surface area contributed by atoms with Gasteiger partial charge in [-0.2, -0.15) is 0 Å². The quantitative estimate of drug-likeness (QED) is 0.314. The second-order valence-corrected chi connectivity index (χ2v) is 8.71. The molecule has 0 saturated carbocycles. The summed E-state index contributed by atoms with van der Waals surface area (Å²) < 4.78 is 1.10. The molecule has 3 aromatic carbocycles. The van der Waals surface area contributed by atoms with E-state index < -0.39 is 4.92 Å². The highest BCUT2D eigenvalue weighted by Gasteiger charge is 2.24. The van der Waals surface area contributed by atoms with Crippen molar-refractivity contribution in [3.8, 4) is 10.6 Å². The van der Waals surface area contributed by atoms with Crippen molar-refractivity contribution < 1.29 is 9.72 Å². The molecule has 0 atom stereocenters. The minimum Gasteiger partial charge on any atom is -0.366 e. The molecule has 5 rings (SSSR count). The third-order valence-electron chi connectivity index (χ3n) is 5.54. The van der Waals surface area contributed by atoms with Crippen LogP contribution >= 0.6 is 11.3 Å². The summed E-state index contributed by atoms with van der Waals surface area (Å²) in [5.74, 6) is -0.387. The number of nitro groups is 1. The molecule has 1 aliphatic rings. The molecule has 0 aliphatic carbocycles. The topological polar surface area (TPSA) is 88.4 Å². The fourth-order valence-corrected chi connectivity index (χ4v) is 4.93. The highest BCUT2D eigenvalue weighted by atomic mass is 32.1. The first kappa shape index (κ1) is 20.1. The number of nitrogens with one attached hydrogen (secondary N) is 1. The largest absolute Gasteiger partial charge is 0.366 e. The zero-order valence-electron chi connectivity index (χ0n) is 17.2. The molecule has 4 aromatic rings. The zero-order chi connectivity index (χ0) is 22.1. The van der Waals surface area contributed by atoms with Crippen molar-refractivity contribution >= 4 is 44.5 Å². The Kier molecular flexibility index (Phi) is 5.28. The van der Waals surface area contributed by atoms with Gasteiger partial charge in [0.05, 0.1) is 15.1 Å². The molecule has 0 spiro atoms. The average molecular weight is 445 g/mol. The molecule has 7 nitrogen and oxygen atoms in total. The number of rotatable bonds is 5. The average Bonchev–Trinajstić information content (AvgIpc) is 3.49. The summed E-state index contributed by atoms with van der Waals surface area (Å²) >= 11 is 1.59. The molecule has 1 amide bonds. The van der Waals surface area contributed by atoms with Crippen LogP contribution in [-0.4, -0.2) is 28.9 Å². The Labute approximate surface area is 188 Å². The number of hydrogen-bond acceptors (Lipinski definition) is 6. The van der Waals surface area contributed by atoms with Gasteiger partial charge in [0.2, 0.25) is 0 Å². The SMILES string of the molecule is O=C(Nc1cccc(-c2nc3ccccc3s2)c1)c1ccc(N2CCCC2)c([N+](=O)[O-])c1. The second kappa shape index (κ2) is 8.39. The number of aromatic nitrogens is 1.